The number of hydrogen-bond donors (Lipinski definition) is 1. The summed E-state index contributed by atoms with van der Waals surface area (Å²) in [5.74, 6) is 1.81. The smallest absolute Gasteiger partial charge is 0.267 e. The maximum Gasteiger partial charge on any atom is 0.267 e. The number of ether oxygens (including phenoxy) is 2. The molecule has 0 spiro atoms. The molecule has 0 saturated heterocycles. The van der Waals surface area contributed by atoms with E-state index in [1.165, 1.54) is 0 Å². The van der Waals surface area contributed by atoms with Crippen molar-refractivity contribution in [3.63, 3.8) is 0 Å². The quantitative estimate of drug-likeness (QED) is 0.940. The predicted octanol–water partition coefficient (Wildman–Crippen LogP) is 2.01. The molecule has 1 atom stereocenters. The van der Waals surface area contributed by atoms with Gasteiger partial charge in [-0.1, -0.05) is 12.1 Å². The molecule has 22 heavy (non-hydrogen) atoms. The lowest BCUT2D eigenvalue weighted by molar-refractivity contribution is 0.0930. The first-order chi connectivity index (χ1) is 10.7. The molecule has 1 unspecified atom stereocenters. The van der Waals surface area contributed by atoms with E-state index in [-0.39, 0.29) is 11.8 Å². The van der Waals surface area contributed by atoms with Gasteiger partial charge in [0.2, 0.25) is 0 Å². The number of carbonyl (C=O) groups is 1. The third kappa shape index (κ3) is 2.79. The predicted molar refractivity (Wildman–Crippen MR) is 83.4 cm³/mol. The van der Waals surface area contributed by atoms with Crippen molar-refractivity contribution in [3.8, 4) is 11.5 Å². The van der Waals surface area contributed by atoms with Gasteiger partial charge in [-0.15, -0.1) is 0 Å². The number of benzene rings is 1. The van der Waals surface area contributed by atoms with Crippen LogP contribution in [0.25, 0.3) is 0 Å². The van der Waals surface area contributed by atoms with E-state index < -0.39 is 0 Å². The zero-order valence-corrected chi connectivity index (χ0v) is 12.8. The normalized spacial score (nSPS) is 16.5. The zero-order valence-electron chi connectivity index (χ0n) is 12.8. The van der Waals surface area contributed by atoms with E-state index in [0.717, 1.165) is 23.5 Å². The average molecular weight is 300 g/mol. The summed E-state index contributed by atoms with van der Waals surface area (Å²) in [7, 11) is 3.51. The summed E-state index contributed by atoms with van der Waals surface area (Å²) >= 11 is 0. The van der Waals surface area contributed by atoms with Gasteiger partial charge in [0.15, 0.2) is 11.5 Å². The van der Waals surface area contributed by atoms with Crippen molar-refractivity contribution < 1.29 is 14.3 Å². The number of aromatic nitrogens is 1. The molecular formula is C17H20N2O3. The minimum atomic E-state index is -0.0519. The monoisotopic (exact) mass is 300 g/mol. The van der Waals surface area contributed by atoms with Crippen molar-refractivity contribution in [2.24, 2.45) is 13.0 Å². The fraction of sp³-hybridized carbons (Fsp3) is 0.353. The van der Waals surface area contributed by atoms with Crippen LogP contribution in [-0.4, -0.2) is 30.7 Å². The zero-order chi connectivity index (χ0) is 15.5. The highest BCUT2D eigenvalue weighted by Crippen LogP contribution is 2.35. The lowest BCUT2D eigenvalue weighted by Gasteiger charge is -2.26. The largest absolute Gasteiger partial charge is 0.493 e. The number of carbonyl (C=O) groups excluding carboxylic acids is 1. The van der Waals surface area contributed by atoms with E-state index in [4.69, 9.17) is 9.47 Å². The first-order valence-corrected chi connectivity index (χ1v) is 7.37. The summed E-state index contributed by atoms with van der Waals surface area (Å²) in [6.07, 6.45) is 2.74. The SMILES string of the molecule is COc1cccc2c1OCC(CNC(=O)c1cccn1C)C2. The topological polar surface area (TPSA) is 52.5 Å². The second-order valence-corrected chi connectivity index (χ2v) is 5.54. The molecule has 116 valence electrons. The Morgan fingerprint density at radius 1 is 1.41 bits per heavy atom. The van der Waals surface area contributed by atoms with E-state index in [1.54, 1.807) is 7.11 Å². The summed E-state index contributed by atoms with van der Waals surface area (Å²) in [4.78, 5) is 12.1. The number of nitrogens with one attached hydrogen (secondary N) is 1. The fourth-order valence-corrected chi connectivity index (χ4v) is 2.77. The maximum absolute atomic E-state index is 12.1. The van der Waals surface area contributed by atoms with Crippen molar-refractivity contribution >= 4 is 5.91 Å². The van der Waals surface area contributed by atoms with Gasteiger partial charge in [0, 0.05) is 25.7 Å². The Balaban J connectivity index is 1.61. The van der Waals surface area contributed by atoms with E-state index in [1.807, 2.05) is 48.1 Å². The second-order valence-electron chi connectivity index (χ2n) is 5.54. The van der Waals surface area contributed by atoms with Gasteiger partial charge in [-0.3, -0.25) is 4.79 Å². The summed E-state index contributed by atoms with van der Waals surface area (Å²) in [5.41, 5.74) is 1.79. The number of nitrogens with zero attached hydrogens (tertiary/aromatic N) is 1. The van der Waals surface area contributed by atoms with Crippen LogP contribution in [0, 0.1) is 5.92 Å². The number of hydrogen-bond acceptors (Lipinski definition) is 3. The number of aryl methyl sites for hydroxylation is 1. The number of para-hydroxylation sites is 1. The molecule has 0 radical (unpaired) electrons. The Labute approximate surface area is 129 Å². The van der Waals surface area contributed by atoms with Crippen molar-refractivity contribution in [3.05, 3.63) is 47.8 Å². The summed E-state index contributed by atoms with van der Waals surface area (Å²) < 4.78 is 12.9. The lowest BCUT2D eigenvalue weighted by Crippen LogP contribution is -2.35. The molecule has 1 aliphatic rings. The molecule has 1 N–H and O–H groups in total. The first kappa shape index (κ1) is 14.5. The van der Waals surface area contributed by atoms with Gasteiger partial charge in [0.25, 0.3) is 5.91 Å². The summed E-state index contributed by atoms with van der Waals surface area (Å²) in [5, 5.41) is 2.98. The van der Waals surface area contributed by atoms with Gasteiger partial charge in [0.05, 0.1) is 13.7 Å². The lowest BCUT2D eigenvalue weighted by atomic mass is 9.96. The Kier molecular flexibility index (Phi) is 4.04. The number of rotatable bonds is 4. The van der Waals surface area contributed by atoms with Crippen LogP contribution in [0.15, 0.2) is 36.5 Å². The molecule has 1 aromatic heterocycles. The number of methoxy groups -OCH3 is 1. The number of fused-ring (bicyclic) bond motifs is 1. The minimum Gasteiger partial charge on any atom is -0.493 e. The Bertz CT molecular complexity index is 678. The summed E-state index contributed by atoms with van der Waals surface area (Å²) in [6.45, 7) is 1.18. The van der Waals surface area contributed by atoms with Crippen LogP contribution in [0.5, 0.6) is 11.5 Å². The molecule has 2 heterocycles. The van der Waals surface area contributed by atoms with Gasteiger partial charge in [-0.05, 0) is 30.2 Å². The van der Waals surface area contributed by atoms with Crippen LogP contribution in [0.2, 0.25) is 0 Å². The van der Waals surface area contributed by atoms with Gasteiger partial charge in [-0.25, -0.2) is 0 Å². The van der Waals surface area contributed by atoms with Crippen molar-refractivity contribution in [2.45, 2.75) is 6.42 Å². The van der Waals surface area contributed by atoms with Crippen molar-refractivity contribution in [1.29, 1.82) is 0 Å². The second kappa shape index (κ2) is 6.13. The van der Waals surface area contributed by atoms with E-state index in [0.29, 0.717) is 18.8 Å². The Morgan fingerprint density at radius 2 is 2.27 bits per heavy atom. The van der Waals surface area contributed by atoms with Crippen LogP contribution in [-0.2, 0) is 13.5 Å². The van der Waals surface area contributed by atoms with E-state index >= 15 is 0 Å². The molecule has 5 heteroatoms. The molecule has 1 amide bonds. The number of amides is 1. The minimum absolute atomic E-state index is 0.0519. The van der Waals surface area contributed by atoms with Gasteiger partial charge in [0.1, 0.15) is 5.69 Å². The highest BCUT2D eigenvalue weighted by molar-refractivity contribution is 5.92. The molecule has 0 bridgehead atoms. The van der Waals surface area contributed by atoms with Crippen molar-refractivity contribution in [2.75, 3.05) is 20.3 Å². The average Bonchev–Trinajstić information content (AvgIpc) is 2.97. The molecular weight excluding hydrogens is 280 g/mol. The highest BCUT2D eigenvalue weighted by Gasteiger charge is 2.23. The molecule has 1 aliphatic heterocycles. The fourth-order valence-electron chi connectivity index (χ4n) is 2.77. The molecule has 2 aromatic rings. The summed E-state index contributed by atoms with van der Waals surface area (Å²) in [6, 6.07) is 9.58. The third-order valence-electron chi connectivity index (χ3n) is 3.98. The van der Waals surface area contributed by atoms with Gasteiger partial charge >= 0.3 is 0 Å². The molecule has 0 aliphatic carbocycles. The van der Waals surface area contributed by atoms with Crippen LogP contribution in [0.1, 0.15) is 16.1 Å². The van der Waals surface area contributed by atoms with Crippen LogP contribution in [0.4, 0.5) is 0 Å². The molecule has 5 nitrogen and oxygen atoms in total. The molecule has 3 rings (SSSR count). The van der Waals surface area contributed by atoms with Gasteiger partial charge in [-0.2, -0.15) is 0 Å². The highest BCUT2D eigenvalue weighted by atomic mass is 16.5. The standard InChI is InChI=1S/C17H20N2O3/c1-19-8-4-6-14(19)17(20)18-10-12-9-13-5-3-7-15(21-2)16(13)22-11-12/h3-8,12H,9-11H2,1-2H3,(H,18,20). The molecule has 0 fully saturated rings. The maximum atomic E-state index is 12.1. The third-order valence-corrected chi connectivity index (χ3v) is 3.98. The van der Waals surface area contributed by atoms with Crippen molar-refractivity contribution in [1.82, 2.24) is 9.88 Å². The van der Waals surface area contributed by atoms with Crippen LogP contribution in [0.3, 0.4) is 0 Å². The first-order valence-electron chi connectivity index (χ1n) is 7.37. The van der Waals surface area contributed by atoms with E-state index in [9.17, 15) is 4.79 Å². The molecule has 1 aromatic carbocycles. The Morgan fingerprint density at radius 3 is 3.00 bits per heavy atom. The molecule has 0 saturated carbocycles. The van der Waals surface area contributed by atoms with Crippen LogP contribution < -0.4 is 14.8 Å². The van der Waals surface area contributed by atoms with Gasteiger partial charge < -0.3 is 19.4 Å². The Hall–Kier alpha value is -2.43. The van der Waals surface area contributed by atoms with Crippen LogP contribution >= 0.6 is 0 Å². The van der Waals surface area contributed by atoms with E-state index in [2.05, 4.69) is 5.32 Å².